The van der Waals surface area contributed by atoms with Gasteiger partial charge >= 0.3 is 12.1 Å². The zero-order chi connectivity index (χ0) is 28.6. The maximum Gasteiger partial charge on any atom is 0.408 e. The molecule has 1 N–H and O–H groups in total. The maximum absolute atomic E-state index is 13.7. The number of hydrazine groups is 1. The van der Waals surface area contributed by atoms with E-state index in [9.17, 15) is 14.4 Å². The van der Waals surface area contributed by atoms with Gasteiger partial charge in [0.05, 0.1) is 18.4 Å². The summed E-state index contributed by atoms with van der Waals surface area (Å²) < 4.78 is 7.08. The molecule has 0 aliphatic carbocycles. The molecule has 1 atom stereocenters. The van der Waals surface area contributed by atoms with E-state index >= 15 is 0 Å². The first-order chi connectivity index (χ1) is 19.0. The number of imidazole rings is 1. The summed E-state index contributed by atoms with van der Waals surface area (Å²) in [4.78, 5) is 46.2. The van der Waals surface area contributed by atoms with Crippen LogP contribution in [0.2, 0.25) is 5.02 Å². The Morgan fingerprint density at radius 3 is 2.50 bits per heavy atom. The second kappa shape index (κ2) is 11.3. The van der Waals surface area contributed by atoms with Gasteiger partial charge in [0.1, 0.15) is 17.5 Å². The van der Waals surface area contributed by atoms with Crippen LogP contribution in [0.5, 0.6) is 0 Å². The molecule has 40 heavy (non-hydrogen) atoms. The fraction of sp³-hybridized carbons (Fsp3) is 0.429. The summed E-state index contributed by atoms with van der Waals surface area (Å²) in [6.07, 6.45) is 1.09. The van der Waals surface area contributed by atoms with Crippen LogP contribution in [0.3, 0.4) is 0 Å². The smallest absolute Gasteiger partial charge is 0.408 e. The summed E-state index contributed by atoms with van der Waals surface area (Å²) in [6.45, 7) is 9.51. The lowest BCUT2D eigenvalue weighted by Crippen LogP contribution is -2.59. The van der Waals surface area contributed by atoms with Crippen LogP contribution < -0.4 is 5.32 Å². The minimum atomic E-state index is -0.782. The van der Waals surface area contributed by atoms with Crippen LogP contribution in [0.15, 0.2) is 47.5 Å². The van der Waals surface area contributed by atoms with Crippen molar-refractivity contribution in [3.05, 3.63) is 59.1 Å². The number of thioether (sulfide) groups is 1. The molecule has 3 aromatic rings. The van der Waals surface area contributed by atoms with Crippen LogP contribution in [0.1, 0.15) is 32.3 Å². The number of fused-ring (bicyclic) bond motifs is 2. The van der Waals surface area contributed by atoms with Crippen molar-refractivity contribution in [1.82, 2.24) is 29.8 Å². The van der Waals surface area contributed by atoms with Gasteiger partial charge in [0.15, 0.2) is 0 Å². The lowest BCUT2D eigenvalue weighted by atomic mass is 10.1. The Kier molecular flexibility index (Phi) is 7.98. The van der Waals surface area contributed by atoms with Gasteiger partial charge in [-0.05, 0) is 62.7 Å². The average Bonchev–Trinajstić information content (AvgIpc) is 3.44. The Morgan fingerprint density at radius 2 is 1.80 bits per heavy atom. The van der Waals surface area contributed by atoms with Gasteiger partial charge in [-0.3, -0.25) is 9.80 Å². The third-order valence-electron chi connectivity index (χ3n) is 6.82. The summed E-state index contributed by atoms with van der Waals surface area (Å²) in [5, 5.41) is 9.24. The molecule has 5 rings (SSSR count). The number of halogens is 1. The van der Waals surface area contributed by atoms with Crippen molar-refractivity contribution in [3.63, 3.8) is 0 Å². The normalized spacial score (nSPS) is 16.8. The topological polar surface area (TPSA) is 100 Å². The van der Waals surface area contributed by atoms with Crippen LogP contribution in [0, 0.1) is 6.92 Å². The molecule has 2 aliphatic heterocycles. The Hall–Kier alpha value is -3.28. The molecule has 1 aromatic heterocycles. The number of carbonyl (C=O) groups is 3. The molecule has 0 spiro atoms. The fourth-order valence-electron chi connectivity index (χ4n) is 4.89. The summed E-state index contributed by atoms with van der Waals surface area (Å²) in [5.74, 6) is 0.828. The largest absolute Gasteiger partial charge is 0.444 e. The van der Waals surface area contributed by atoms with E-state index in [0.29, 0.717) is 49.3 Å². The quantitative estimate of drug-likeness (QED) is 0.425. The van der Waals surface area contributed by atoms with E-state index in [1.165, 1.54) is 11.8 Å². The van der Waals surface area contributed by atoms with E-state index in [-0.39, 0.29) is 11.9 Å². The van der Waals surface area contributed by atoms with Gasteiger partial charge in [-0.25, -0.2) is 24.1 Å². The van der Waals surface area contributed by atoms with Crippen LogP contribution >= 0.6 is 23.4 Å². The van der Waals surface area contributed by atoms with E-state index in [0.717, 1.165) is 21.4 Å². The third kappa shape index (κ3) is 6.21. The minimum Gasteiger partial charge on any atom is -0.444 e. The summed E-state index contributed by atoms with van der Waals surface area (Å²) in [7, 11) is 0. The molecule has 0 saturated carbocycles. The monoisotopic (exact) mass is 584 g/mol. The van der Waals surface area contributed by atoms with E-state index in [4.69, 9.17) is 16.3 Å². The number of amides is 3. The van der Waals surface area contributed by atoms with Crippen LogP contribution in [0.4, 0.5) is 9.59 Å². The van der Waals surface area contributed by atoms with Gasteiger partial charge in [-0.2, -0.15) is 0 Å². The van der Waals surface area contributed by atoms with Crippen molar-refractivity contribution in [2.75, 3.05) is 31.9 Å². The first-order valence-electron chi connectivity index (χ1n) is 13.2. The molecule has 212 valence electrons. The first-order valence-corrected chi connectivity index (χ1v) is 14.6. The SMILES string of the molecule is Cc1ncc2n1C(=O)N(N1CCN(C(=O)[C@@H](CSc3ccc4cc(Cl)ccc4c3)NC(=O)OC(C)(C)C)CC1)C2. The zero-order valence-corrected chi connectivity index (χ0v) is 24.6. The van der Waals surface area contributed by atoms with Crippen molar-refractivity contribution < 1.29 is 19.1 Å². The van der Waals surface area contributed by atoms with Crippen molar-refractivity contribution in [2.24, 2.45) is 0 Å². The number of aromatic nitrogens is 2. The standard InChI is InChI=1S/C28H33ClN6O4S/c1-18-30-15-22-16-34(27(38)35(18)22)33-11-9-32(10-12-33)25(36)24(31-26(37)39-28(2,3)4)17-40-23-8-6-19-13-21(29)7-5-20(19)14-23/h5-8,13-15,24H,9-12,16-17H2,1-4H3,(H,31,37)/t24-/m1/s1. The number of nitrogens with zero attached hydrogens (tertiary/aromatic N) is 5. The van der Waals surface area contributed by atoms with Gasteiger partial charge in [0, 0.05) is 41.8 Å². The molecule has 1 saturated heterocycles. The molecule has 0 unspecified atom stereocenters. The average molecular weight is 585 g/mol. The molecule has 0 radical (unpaired) electrons. The van der Waals surface area contributed by atoms with Crippen molar-refractivity contribution in [2.45, 2.75) is 50.8 Å². The molecule has 3 heterocycles. The van der Waals surface area contributed by atoms with E-state index in [2.05, 4.69) is 10.3 Å². The summed E-state index contributed by atoms with van der Waals surface area (Å²) in [6, 6.07) is 10.8. The molecule has 12 heteroatoms. The molecule has 2 aromatic carbocycles. The predicted octanol–water partition coefficient (Wildman–Crippen LogP) is 4.53. The van der Waals surface area contributed by atoms with Gasteiger partial charge in [0.25, 0.3) is 0 Å². The van der Waals surface area contributed by atoms with E-state index in [1.807, 2.05) is 48.3 Å². The summed E-state index contributed by atoms with van der Waals surface area (Å²) >= 11 is 7.61. The number of carbonyl (C=O) groups excluding carboxylic acids is 3. The second-order valence-electron chi connectivity index (χ2n) is 10.9. The number of ether oxygens (including phenoxy) is 1. The number of piperazine rings is 1. The van der Waals surface area contributed by atoms with Gasteiger partial charge in [-0.1, -0.05) is 23.7 Å². The molecular weight excluding hydrogens is 552 g/mol. The van der Waals surface area contributed by atoms with Crippen molar-refractivity contribution in [3.8, 4) is 0 Å². The highest BCUT2D eigenvalue weighted by Gasteiger charge is 2.36. The Balaban J connectivity index is 1.24. The summed E-state index contributed by atoms with van der Waals surface area (Å²) in [5.41, 5.74) is 0.168. The number of hydrogen-bond acceptors (Lipinski definition) is 7. The molecule has 10 nitrogen and oxygen atoms in total. The van der Waals surface area contributed by atoms with Gasteiger partial charge in [0.2, 0.25) is 5.91 Å². The lowest BCUT2D eigenvalue weighted by Gasteiger charge is -2.39. The number of nitrogens with one attached hydrogen (secondary N) is 1. The Bertz CT molecular complexity index is 1450. The third-order valence-corrected chi connectivity index (χ3v) is 8.15. The highest BCUT2D eigenvalue weighted by atomic mass is 35.5. The van der Waals surface area contributed by atoms with Crippen LogP contribution in [-0.2, 0) is 16.1 Å². The first kappa shape index (κ1) is 28.3. The van der Waals surface area contributed by atoms with Crippen molar-refractivity contribution >= 4 is 52.2 Å². The molecule has 2 aliphatic rings. The Morgan fingerprint density at radius 1 is 1.10 bits per heavy atom. The van der Waals surface area contributed by atoms with Crippen LogP contribution in [0.25, 0.3) is 10.8 Å². The lowest BCUT2D eigenvalue weighted by molar-refractivity contribution is -0.137. The van der Waals surface area contributed by atoms with Crippen LogP contribution in [-0.4, -0.2) is 86.1 Å². The zero-order valence-electron chi connectivity index (χ0n) is 23.0. The number of aryl methyl sites for hydroxylation is 1. The minimum absolute atomic E-state index is 0.122. The molecule has 3 amide bonds. The molecule has 1 fully saturated rings. The highest BCUT2D eigenvalue weighted by molar-refractivity contribution is 7.99. The Labute approximate surface area is 242 Å². The number of benzene rings is 2. The van der Waals surface area contributed by atoms with Crippen molar-refractivity contribution in [1.29, 1.82) is 0 Å². The molecule has 0 bridgehead atoms. The maximum atomic E-state index is 13.7. The molecular formula is C28H33ClN6O4S. The van der Waals surface area contributed by atoms with Gasteiger partial charge < -0.3 is 15.0 Å². The van der Waals surface area contributed by atoms with E-state index in [1.54, 1.807) is 41.4 Å². The fourth-order valence-corrected chi connectivity index (χ4v) is 6.03. The second-order valence-corrected chi connectivity index (χ2v) is 12.4. The number of rotatable bonds is 6. The van der Waals surface area contributed by atoms with Gasteiger partial charge in [-0.15, -0.1) is 11.8 Å². The van der Waals surface area contributed by atoms with E-state index < -0.39 is 17.7 Å². The predicted molar refractivity (Wildman–Crippen MR) is 154 cm³/mol. The highest BCUT2D eigenvalue weighted by Crippen LogP contribution is 2.27. The number of hydrogen-bond donors (Lipinski definition) is 1. The number of alkyl carbamates (subject to hydrolysis) is 1.